The Kier molecular flexibility index (Phi) is 8.39. The van der Waals surface area contributed by atoms with Crippen LogP contribution in [-0.4, -0.2) is 17.6 Å². The minimum atomic E-state index is -0.531. The molecule has 0 aliphatic rings. The zero-order valence-electron chi connectivity index (χ0n) is 18.7. The molecule has 2 amide bonds. The van der Waals surface area contributed by atoms with E-state index in [1.807, 2.05) is 57.4 Å². The molecule has 6 heteroatoms. The van der Waals surface area contributed by atoms with Crippen molar-refractivity contribution in [2.75, 3.05) is 5.32 Å². The van der Waals surface area contributed by atoms with E-state index in [0.717, 1.165) is 17.7 Å². The van der Waals surface area contributed by atoms with Gasteiger partial charge in [0.15, 0.2) is 18.4 Å². The van der Waals surface area contributed by atoms with Gasteiger partial charge in [-0.2, -0.15) is 0 Å². The number of carbonyl (C=O) groups excluding carboxylic acids is 2. The van der Waals surface area contributed by atoms with Crippen molar-refractivity contribution in [3.8, 4) is 0 Å². The normalized spacial score (nSPS) is 12.2. The minimum Gasteiger partial charge on any atom is -0.444 e. The number of rotatable bonds is 8. The highest BCUT2D eigenvalue weighted by Crippen LogP contribution is 2.12. The molecule has 1 unspecified atom stereocenters. The van der Waals surface area contributed by atoms with Crippen LogP contribution in [0.5, 0.6) is 0 Å². The number of amides is 2. The summed E-state index contributed by atoms with van der Waals surface area (Å²) in [5, 5.41) is 5.63. The van der Waals surface area contributed by atoms with E-state index in [1.54, 1.807) is 12.1 Å². The number of anilines is 1. The third-order valence-corrected chi connectivity index (χ3v) is 4.65. The molecule has 1 aromatic carbocycles. The number of aromatic nitrogens is 1. The Bertz CT molecular complexity index is 824. The van der Waals surface area contributed by atoms with E-state index in [-0.39, 0.29) is 5.91 Å². The molecule has 1 heterocycles. The number of hydrogen-bond acceptors (Lipinski definition) is 3. The maximum absolute atomic E-state index is 12.5. The third kappa shape index (κ3) is 7.85. The van der Waals surface area contributed by atoms with Gasteiger partial charge in [0.2, 0.25) is 0 Å². The largest absolute Gasteiger partial charge is 0.444 e. The van der Waals surface area contributed by atoms with Crippen LogP contribution >= 0.6 is 0 Å². The zero-order chi connectivity index (χ0) is 22.1. The van der Waals surface area contributed by atoms with Crippen molar-refractivity contribution in [2.45, 2.75) is 72.1 Å². The third-order valence-electron chi connectivity index (χ3n) is 4.65. The standard InChI is InChI=1S/C24H33N3O3/c1-6-7-8-18(2)27-15-13-21(14-16-27)26-22(28)20-11-9-19(10-12-20)17-25-23(29)30-24(3,4)5/h9-16,18H,6-8,17H2,1-5H3,(H,25,29)/p+1. The molecule has 2 rings (SSSR count). The van der Waals surface area contributed by atoms with Gasteiger partial charge in [0.05, 0.1) is 5.69 Å². The summed E-state index contributed by atoms with van der Waals surface area (Å²) < 4.78 is 7.38. The SMILES string of the molecule is CCCCC(C)[n+]1ccc(NC(=O)c2ccc(CNC(=O)OC(C)(C)C)cc2)cc1. The summed E-state index contributed by atoms with van der Waals surface area (Å²) in [4.78, 5) is 24.2. The van der Waals surface area contributed by atoms with E-state index < -0.39 is 11.7 Å². The van der Waals surface area contributed by atoms with E-state index >= 15 is 0 Å². The van der Waals surface area contributed by atoms with Crippen LogP contribution in [0.3, 0.4) is 0 Å². The lowest BCUT2D eigenvalue weighted by Gasteiger charge is -2.19. The number of carbonyl (C=O) groups is 2. The predicted octanol–water partition coefficient (Wildman–Crippen LogP) is 5.00. The summed E-state index contributed by atoms with van der Waals surface area (Å²) in [5.41, 5.74) is 1.67. The summed E-state index contributed by atoms with van der Waals surface area (Å²) >= 11 is 0. The Morgan fingerprint density at radius 2 is 1.70 bits per heavy atom. The van der Waals surface area contributed by atoms with Gasteiger partial charge in [0, 0.05) is 30.7 Å². The van der Waals surface area contributed by atoms with Gasteiger partial charge in [0.1, 0.15) is 5.60 Å². The lowest BCUT2D eigenvalue weighted by atomic mass is 10.1. The van der Waals surface area contributed by atoms with E-state index in [1.165, 1.54) is 12.8 Å². The van der Waals surface area contributed by atoms with E-state index in [2.05, 4.69) is 29.0 Å². The number of nitrogens with one attached hydrogen (secondary N) is 2. The van der Waals surface area contributed by atoms with Gasteiger partial charge in [-0.15, -0.1) is 0 Å². The maximum atomic E-state index is 12.5. The number of alkyl carbamates (subject to hydrolysis) is 1. The number of benzene rings is 1. The lowest BCUT2D eigenvalue weighted by Crippen LogP contribution is -2.36. The molecular weight excluding hydrogens is 378 g/mol. The van der Waals surface area contributed by atoms with Gasteiger partial charge in [-0.05, 0) is 51.8 Å². The van der Waals surface area contributed by atoms with Crippen LogP contribution < -0.4 is 15.2 Å². The van der Waals surface area contributed by atoms with Crippen LogP contribution in [0, 0.1) is 0 Å². The van der Waals surface area contributed by atoms with Gasteiger partial charge in [-0.3, -0.25) is 4.79 Å². The Hall–Kier alpha value is -2.89. The monoisotopic (exact) mass is 412 g/mol. The maximum Gasteiger partial charge on any atom is 0.407 e. The topological polar surface area (TPSA) is 71.3 Å². The first-order valence-electron chi connectivity index (χ1n) is 10.6. The summed E-state index contributed by atoms with van der Waals surface area (Å²) in [6, 6.07) is 11.4. The first-order chi connectivity index (χ1) is 14.2. The minimum absolute atomic E-state index is 0.168. The Morgan fingerprint density at radius 3 is 2.27 bits per heavy atom. The highest BCUT2D eigenvalue weighted by molar-refractivity contribution is 6.04. The molecular formula is C24H34N3O3+. The molecule has 0 saturated carbocycles. The molecule has 0 radical (unpaired) electrons. The molecule has 0 bridgehead atoms. The van der Waals surface area contributed by atoms with Crippen LogP contribution in [0.25, 0.3) is 0 Å². The quantitative estimate of drug-likeness (QED) is 0.599. The molecule has 0 fully saturated rings. The van der Waals surface area contributed by atoms with Crippen LogP contribution in [0.15, 0.2) is 48.8 Å². The number of unbranched alkanes of at least 4 members (excludes halogenated alkanes) is 1. The van der Waals surface area contributed by atoms with Crippen molar-refractivity contribution in [1.82, 2.24) is 5.32 Å². The fourth-order valence-corrected chi connectivity index (χ4v) is 2.93. The van der Waals surface area contributed by atoms with Crippen LogP contribution in [0.2, 0.25) is 0 Å². The molecule has 1 aromatic heterocycles. The molecule has 0 saturated heterocycles. The number of pyridine rings is 1. The average molecular weight is 413 g/mol. The van der Waals surface area contributed by atoms with E-state index in [4.69, 9.17) is 4.74 Å². The smallest absolute Gasteiger partial charge is 0.407 e. The average Bonchev–Trinajstić information content (AvgIpc) is 2.70. The second-order valence-electron chi connectivity index (χ2n) is 8.53. The molecule has 0 aliphatic heterocycles. The number of nitrogens with zero attached hydrogens (tertiary/aromatic N) is 1. The van der Waals surface area contributed by atoms with Crippen LogP contribution in [0.1, 0.15) is 75.8 Å². The number of ether oxygens (including phenoxy) is 1. The summed E-state index contributed by atoms with van der Waals surface area (Å²) in [5.74, 6) is -0.168. The van der Waals surface area contributed by atoms with Crippen molar-refractivity contribution in [1.29, 1.82) is 0 Å². The zero-order valence-corrected chi connectivity index (χ0v) is 18.7. The molecule has 2 N–H and O–H groups in total. The van der Waals surface area contributed by atoms with Gasteiger partial charge < -0.3 is 15.4 Å². The summed E-state index contributed by atoms with van der Waals surface area (Å²) in [6.07, 6.45) is 7.07. The van der Waals surface area contributed by atoms with Crippen LogP contribution in [0.4, 0.5) is 10.5 Å². The molecule has 1 atom stereocenters. The highest BCUT2D eigenvalue weighted by atomic mass is 16.6. The summed E-state index contributed by atoms with van der Waals surface area (Å²) in [7, 11) is 0. The Morgan fingerprint density at radius 1 is 1.07 bits per heavy atom. The molecule has 30 heavy (non-hydrogen) atoms. The van der Waals surface area contributed by atoms with E-state index in [0.29, 0.717) is 18.2 Å². The first-order valence-corrected chi connectivity index (χ1v) is 10.6. The second-order valence-corrected chi connectivity index (χ2v) is 8.53. The van der Waals surface area contributed by atoms with Crippen molar-refractivity contribution >= 4 is 17.7 Å². The van der Waals surface area contributed by atoms with Gasteiger partial charge in [-0.1, -0.05) is 25.5 Å². The fraction of sp³-hybridized carbons (Fsp3) is 0.458. The van der Waals surface area contributed by atoms with Gasteiger partial charge >= 0.3 is 6.09 Å². The predicted molar refractivity (Wildman–Crippen MR) is 118 cm³/mol. The van der Waals surface area contributed by atoms with Crippen molar-refractivity contribution in [2.24, 2.45) is 0 Å². The summed E-state index contributed by atoms with van der Waals surface area (Å²) in [6.45, 7) is 10.2. The van der Waals surface area contributed by atoms with Crippen molar-refractivity contribution in [3.63, 3.8) is 0 Å². The van der Waals surface area contributed by atoms with Crippen molar-refractivity contribution in [3.05, 3.63) is 59.9 Å². The molecule has 6 nitrogen and oxygen atoms in total. The van der Waals surface area contributed by atoms with Crippen LogP contribution in [-0.2, 0) is 11.3 Å². The van der Waals surface area contributed by atoms with E-state index in [9.17, 15) is 9.59 Å². The second kappa shape index (κ2) is 10.8. The fourth-order valence-electron chi connectivity index (χ4n) is 2.93. The molecule has 0 spiro atoms. The van der Waals surface area contributed by atoms with Gasteiger partial charge in [-0.25, -0.2) is 9.36 Å². The number of hydrogen-bond donors (Lipinski definition) is 2. The Balaban J connectivity index is 1.88. The lowest BCUT2D eigenvalue weighted by molar-refractivity contribution is -0.720. The van der Waals surface area contributed by atoms with Crippen molar-refractivity contribution < 1.29 is 18.9 Å². The van der Waals surface area contributed by atoms with Gasteiger partial charge in [0.25, 0.3) is 5.91 Å². The highest BCUT2D eigenvalue weighted by Gasteiger charge is 2.16. The molecule has 162 valence electrons. The first kappa shape index (κ1) is 23.4. The molecule has 2 aromatic rings. The Labute approximate surface area is 179 Å². The molecule has 0 aliphatic carbocycles.